The number of aromatic hydroxyl groups is 1. The topological polar surface area (TPSA) is 246 Å². The number of β-amino-alcohol motifs (C(OH)–C–C–N with tert-alkyl or cyclic N) is 1. The first kappa shape index (κ1) is 55.6. The number of aliphatic hydroxyl groups excluding tert-OH is 1. The van der Waals surface area contributed by atoms with Crippen LogP contribution >= 0.6 is 11.3 Å². The quantitative estimate of drug-likeness (QED) is 0.0362. The largest absolute Gasteiger partial charge is 0.507 e. The number of phenols is 1. The zero-order chi connectivity index (χ0) is 53.8. The average molecular weight is 1050 g/mol. The Balaban J connectivity index is 0.741. The molecule has 5 aromatic rings. The van der Waals surface area contributed by atoms with Gasteiger partial charge in [-0.1, -0.05) is 94.4 Å². The summed E-state index contributed by atoms with van der Waals surface area (Å²) in [7, 11) is 3.19. The Kier molecular flexibility index (Phi) is 18.8. The molecular formula is C56H70N8O10S. The fourth-order valence-electron chi connectivity index (χ4n) is 9.43. The highest BCUT2D eigenvalue weighted by atomic mass is 32.1. The Morgan fingerprint density at radius 2 is 1.61 bits per heavy atom. The molecule has 1 aliphatic carbocycles. The molecule has 0 spiro atoms. The zero-order valence-electron chi connectivity index (χ0n) is 43.7. The number of benzene rings is 3. The monoisotopic (exact) mass is 1050 g/mol. The van der Waals surface area contributed by atoms with Gasteiger partial charge in [0, 0.05) is 58.2 Å². The lowest BCUT2D eigenvalue weighted by Crippen LogP contribution is -2.57. The van der Waals surface area contributed by atoms with Crippen molar-refractivity contribution in [2.24, 2.45) is 5.41 Å². The van der Waals surface area contributed by atoms with Crippen molar-refractivity contribution < 1.29 is 48.2 Å². The maximum absolute atomic E-state index is 14.0. The number of thiazole rings is 1. The number of unbranched alkanes of at least 4 members (excludes halogenated alkanes) is 6. The number of fused-ring (bicyclic) bond motifs is 1. The van der Waals surface area contributed by atoms with Crippen molar-refractivity contribution in [1.29, 1.82) is 0 Å². The van der Waals surface area contributed by atoms with Gasteiger partial charge in [0.25, 0.3) is 17.7 Å². The number of nitrogens with one attached hydrogen (secondary N) is 4. The van der Waals surface area contributed by atoms with E-state index in [9.17, 15) is 39.0 Å². The summed E-state index contributed by atoms with van der Waals surface area (Å²) in [4.78, 5) is 86.8. The van der Waals surface area contributed by atoms with Gasteiger partial charge < -0.3 is 50.5 Å². The molecule has 2 aliphatic rings. The van der Waals surface area contributed by atoms with E-state index in [-0.39, 0.29) is 90.9 Å². The average Bonchev–Trinajstić information content (AvgIpc) is 4.22. The van der Waals surface area contributed by atoms with Crippen LogP contribution in [0.25, 0.3) is 21.8 Å². The summed E-state index contributed by atoms with van der Waals surface area (Å²) in [5.41, 5.74) is 6.75. The lowest BCUT2D eigenvalue weighted by Gasteiger charge is -2.35. The minimum absolute atomic E-state index is 0.0139. The van der Waals surface area contributed by atoms with Crippen molar-refractivity contribution in [2.75, 3.05) is 33.8 Å². The fourth-order valence-corrected chi connectivity index (χ4v) is 10.2. The minimum Gasteiger partial charge on any atom is -0.507 e. The molecule has 0 radical (unpaired) electrons. The van der Waals surface area contributed by atoms with E-state index in [1.165, 1.54) is 28.0 Å². The standard InChI is InChI=1S/C56H70N8O10S/c1-34-50(75-33-59-34)36-17-15-35(16-18-36)30-58-53(70)45-28-39(65)31-64(45)55(72)51(56(2,3)4)61-48(67)14-12-10-8-7-9-11-13-25-57-49(68)32-73-40-21-23-41-37(26-40)20-24-43(41)60-52(69)44-29-47(74-62-44)38-19-22-42(46(66)27-38)54(71)63(5)6/h15-19,21-23,26-27,29,33,39,43,45,51,65-66H,7-14,20,24-25,28,30-32H2,1-6H3,(H,57,68)(H,58,70)(H,60,69)(H,61,67)/t39-,43-,45+,51?/m1/s1. The number of aryl methyl sites for hydroxylation is 2. The zero-order valence-corrected chi connectivity index (χ0v) is 44.5. The molecule has 3 aromatic carbocycles. The van der Waals surface area contributed by atoms with Gasteiger partial charge in [-0.2, -0.15) is 0 Å². The number of carbonyl (C=O) groups excluding carboxylic acids is 6. The van der Waals surface area contributed by atoms with Gasteiger partial charge in [0.15, 0.2) is 18.1 Å². The van der Waals surface area contributed by atoms with E-state index in [1.807, 2.05) is 69.6 Å². The van der Waals surface area contributed by atoms with Crippen molar-refractivity contribution in [3.05, 3.63) is 106 Å². The van der Waals surface area contributed by atoms with Crippen molar-refractivity contribution in [3.8, 4) is 33.3 Å². The highest BCUT2D eigenvalue weighted by molar-refractivity contribution is 7.13. The van der Waals surface area contributed by atoms with Crippen LogP contribution in [0.2, 0.25) is 0 Å². The minimum atomic E-state index is -0.876. The van der Waals surface area contributed by atoms with Crippen molar-refractivity contribution in [3.63, 3.8) is 0 Å². The first-order chi connectivity index (χ1) is 35.9. The Labute approximate surface area is 442 Å². The van der Waals surface area contributed by atoms with Crippen molar-refractivity contribution >= 4 is 46.8 Å². The molecule has 18 nitrogen and oxygen atoms in total. The molecule has 2 aromatic heterocycles. The van der Waals surface area contributed by atoms with Gasteiger partial charge in [0.05, 0.1) is 33.8 Å². The predicted octanol–water partition coefficient (Wildman–Crippen LogP) is 7.02. The molecule has 400 valence electrons. The second-order valence-electron chi connectivity index (χ2n) is 20.7. The summed E-state index contributed by atoms with van der Waals surface area (Å²) in [6, 6.07) is 17.5. The van der Waals surface area contributed by atoms with E-state index >= 15 is 0 Å². The van der Waals surface area contributed by atoms with Gasteiger partial charge in [-0.3, -0.25) is 28.8 Å². The van der Waals surface area contributed by atoms with E-state index in [1.54, 1.807) is 37.6 Å². The first-order valence-electron chi connectivity index (χ1n) is 25.8. The van der Waals surface area contributed by atoms with E-state index in [0.717, 1.165) is 71.3 Å². The number of nitrogens with zero attached hydrogens (tertiary/aromatic N) is 4. The van der Waals surface area contributed by atoms with Gasteiger partial charge >= 0.3 is 0 Å². The molecule has 19 heteroatoms. The number of aromatic nitrogens is 2. The third-order valence-corrected chi connectivity index (χ3v) is 14.6. The SMILES string of the molecule is Cc1ncsc1-c1ccc(CNC(=O)[C@@H]2C[C@@H](O)CN2C(=O)C(NC(=O)CCCCCCCCCNC(=O)COc2ccc3c(c2)CC[C@H]3NC(=O)c2cc(-c3ccc(C(=O)N(C)C)c(O)c3)on2)C(C)(C)C)cc1. The molecule has 6 N–H and O–H groups in total. The molecule has 0 saturated carbocycles. The third kappa shape index (κ3) is 14.8. The van der Waals surface area contributed by atoms with E-state index in [2.05, 4.69) is 31.4 Å². The summed E-state index contributed by atoms with van der Waals surface area (Å²) < 4.78 is 11.2. The lowest BCUT2D eigenvalue weighted by molar-refractivity contribution is -0.144. The Morgan fingerprint density at radius 1 is 0.893 bits per heavy atom. The number of hydrogen-bond donors (Lipinski definition) is 6. The van der Waals surface area contributed by atoms with Gasteiger partial charge in [-0.05, 0) is 84.5 Å². The maximum Gasteiger partial charge on any atom is 0.273 e. The summed E-state index contributed by atoms with van der Waals surface area (Å²) in [6.07, 6.45) is 7.17. The summed E-state index contributed by atoms with van der Waals surface area (Å²) in [5.74, 6) is -1.31. The number of amides is 6. The number of hydrogen-bond acceptors (Lipinski definition) is 13. The molecule has 1 unspecified atom stereocenters. The van der Waals surface area contributed by atoms with Crippen LogP contribution in [0.5, 0.6) is 11.5 Å². The summed E-state index contributed by atoms with van der Waals surface area (Å²) in [6.45, 7) is 8.29. The van der Waals surface area contributed by atoms with Crippen LogP contribution in [0.3, 0.4) is 0 Å². The van der Waals surface area contributed by atoms with Gasteiger partial charge in [0.2, 0.25) is 17.7 Å². The Hall–Kier alpha value is -7.12. The Morgan fingerprint density at radius 3 is 2.31 bits per heavy atom. The number of rotatable bonds is 23. The molecule has 75 heavy (non-hydrogen) atoms. The van der Waals surface area contributed by atoms with Crippen molar-refractivity contribution in [1.82, 2.24) is 41.2 Å². The lowest BCUT2D eigenvalue weighted by atomic mass is 9.85. The molecule has 6 amide bonds. The molecule has 7 rings (SSSR count). The third-order valence-electron chi connectivity index (χ3n) is 13.6. The van der Waals surface area contributed by atoms with Crippen LogP contribution in [-0.4, -0.2) is 118 Å². The van der Waals surface area contributed by atoms with Crippen LogP contribution in [0.15, 0.2) is 76.8 Å². The highest BCUT2D eigenvalue weighted by Gasteiger charge is 2.44. The van der Waals surface area contributed by atoms with Crippen LogP contribution in [0.4, 0.5) is 0 Å². The maximum atomic E-state index is 14.0. The molecule has 1 saturated heterocycles. The molecule has 1 fully saturated rings. The number of phenolic OH excluding ortho intramolecular Hbond substituents is 1. The molecule has 0 bridgehead atoms. The Bertz CT molecular complexity index is 2820. The normalized spacial score (nSPS) is 16.5. The van der Waals surface area contributed by atoms with E-state index in [4.69, 9.17) is 9.26 Å². The van der Waals surface area contributed by atoms with Crippen molar-refractivity contribution in [2.45, 2.75) is 129 Å². The second-order valence-corrected chi connectivity index (χ2v) is 21.6. The van der Waals surface area contributed by atoms with Crippen LogP contribution in [0.1, 0.15) is 134 Å². The number of ether oxygens (including phenoxy) is 1. The molecule has 3 heterocycles. The highest BCUT2D eigenvalue weighted by Crippen LogP contribution is 2.35. The van der Waals surface area contributed by atoms with Crippen LogP contribution in [-0.2, 0) is 32.1 Å². The summed E-state index contributed by atoms with van der Waals surface area (Å²) >= 11 is 1.57. The van der Waals surface area contributed by atoms with Gasteiger partial charge in [0.1, 0.15) is 23.6 Å². The van der Waals surface area contributed by atoms with Gasteiger partial charge in [-0.15, -0.1) is 11.3 Å². The number of carbonyl (C=O) groups is 6. The second kappa shape index (κ2) is 25.4. The molecular weight excluding hydrogens is 977 g/mol. The summed E-state index contributed by atoms with van der Waals surface area (Å²) in [5, 5.41) is 36.7. The predicted molar refractivity (Wildman–Crippen MR) is 284 cm³/mol. The van der Waals surface area contributed by atoms with Crippen LogP contribution in [0, 0.1) is 12.3 Å². The molecule has 1 aliphatic heterocycles. The first-order valence-corrected chi connectivity index (χ1v) is 26.6. The number of aliphatic hydroxyl groups is 1. The smallest absolute Gasteiger partial charge is 0.273 e. The fraction of sp³-hybridized carbons (Fsp3) is 0.464. The van der Waals surface area contributed by atoms with E-state index < -0.39 is 29.5 Å². The number of likely N-dealkylation sites (tertiary alicyclic amines) is 1. The van der Waals surface area contributed by atoms with Gasteiger partial charge in [-0.25, -0.2) is 4.98 Å². The van der Waals surface area contributed by atoms with Crippen LogP contribution < -0.4 is 26.0 Å². The molecule has 4 atom stereocenters. The van der Waals surface area contributed by atoms with E-state index in [0.29, 0.717) is 37.1 Å².